The lowest BCUT2D eigenvalue weighted by Crippen LogP contribution is -2.88. The van der Waals surface area contributed by atoms with Gasteiger partial charge >= 0.3 is 6.03 Å². The summed E-state index contributed by atoms with van der Waals surface area (Å²) in [6.45, 7) is 0. The summed E-state index contributed by atoms with van der Waals surface area (Å²) in [5.41, 5.74) is 1.80. The minimum atomic E-state index is -0.626. The molecule has 27 heavy (non-hydrogen) atoms. The van der Waals surface area contributed by atoms with Crippen LogP contribution in [0.25, 0.3) is 0 Å². The summed E-state index contributed by atoms with van der Waals surface area (Å²) < 4.78 is 5.63. The second-order valence-electron chi connectivity index (χ2n) is 6.05. The Morgan fingerprint density at radius 3 is 2.07 bits per heavy atom. The molecule has 0 unspecified atom stereocenters. The highest BCUT2D eigenvalue weighted by atomic mass is 16.3. The minimum Gasteiger partial charge on any atom is -0.463 e. The molecule has 138 valence electrons. The lowest BCUT2D eigenvalue weighted by Gasteiger charge is -2.21. The van der Waals surface area contributed by atoms with Gasteiger partial charge in [0.2, 0.25) is 0 Å². The normalized spacial score (nSPS) is 12.8. The maximum atomic E-state index is 12.8. The number of quaternary nitrogens is 1. The number of imide groups is 1. The van der Waals surface area contributed by atoms with Gasteiger partial charge in [0.15, 0.2) is 17.8 Å². The molecule has 1 aromatic heterocycles. The fourth-order valence-electron chi connectivity index (χ4n) is 2.95. The van der Waals surface area contributed by atoms with Crippen molar-refractivity contribution in [3.63, 3.8) is 0 Å². The molecular weight excluding hydrogens is 342 g/mol. The van der Waals surface area contributed by atoms with E-state index >= 15 is 0 Å². The highest BCUT2D eigenvalue weighted by Gasteiger charge is 2.31. The molecule has 6 heteroatoms. The molecule has 4 N–H and O–H groups in total. The Morgan fingerprint density at radius 1 is 0.889 bits per heavy atom. The Hall–Kier alpha value is -3.38. The fourth-order valence-corrected chi connectivity index (χ4v) is 2.95. The molecule has 6 nitrogen and oxygen atoms in total. The summed E-state index contributed by atoms with van der Waals surface area (Å²) in [7, 11) is 1.47. The molecule has 0 aliphatic carbocycles. The van der Waals surface area contributed by atoms with Gasteiger partial charge in [-0.05, 0) is 12.1 Å². The van der Waals surface area contributed by atoms with E-state index in [-0.39, 0.29) is 6.04 Å². The molecule has 0 aliphatic heterocycles. The third-order valence-corrected chi connectivity index (χ3v) is 4.30. The molecule has 0 fully saturated rings. The molecule has 0 saturated carbocycles. The maximum Gasteiger partial charge on any atom is 0.321 e. The lowest BCUT2D eigenvalue weighted by molar-refractivity contribution is -0.715. The number of hydrogen-bond donors (Lipinski definition) is 3. The van der Waals surface area contributed by atoms with Crippen molar-refractivity contribution < 1.29 is 19.3 Å². The summed E-state index contributed by atoms with van der Waals surface area (Å²) in [4.78, 5) is 24.5. The smallest absolute Gasteiger partial charge is 0.321 e. The van der Waals surface area contributed by atoms with Crippen molar-refractivity contribution in [1.82, 2.24) is 10.6 Å². The first-order valence-corrected chi connectivity index (χ1v) is 8.70. The van der Waals surface area contributed by atoms with E-state index in [1.54, 1.807) is 6.26 Å². The van der Waals surface area contributed by atoms with Crippen molar-refractivity contribution >= 4 is 11.9 Å². The van der Waals surface area contributed by atoms with Crippen LogP contribution < -0.4 is 16.0 Å². The number of amides is 3. The average molecular weight is 364 g/mol. The van der Waals surface area contributed by atoms with Crippen molar-refractivity contribution in [2.24, 2.45) is 0 Å². The number of hydrogen-bond acceptors (Lipinski definition) is 3. The first-order chi connectivity index (χ1) is 13.2. The topological polar surface area (TPSA) is 88.0 Å². The first kappa shape index (κ1) is 18.4. The molecule has 0 aliphatic rings. The van der Waals surface area contributed by atoms with Crippen molar-refractivity contribution in [1.29, 1.82) is 0 Å². The zero-order valence-corrected chi connectivity index (χ0v) is 15.0. The quantitative estimate of drug-likeness (QED) is 0.626. The van der Waals surface area contributed by atoms with Crippen molar-refractivity contribution in [3.05, 3.63) is 95.9 Å². The predicted molar refractivity (Wildman–Crippen MR) is 101 cm³/mol. The van der Waals surface area contributed by atoms with E-state index in [1.807, 2.05) is 78.1 Å². The molecule has 1 heterocycles. The minimum absolute atomic E-state index is 0.234. The van der Waals surface area contributed by atoms with Crippen molar-refractivity contribution in [2.75, 3.05) is 7.05 Å². The molecular formula is C21H22N3O3+. The lowest BCUT2D eigenvalue weighted by atomic mass is 10.00. The van der Waals surface area contributed by atoms with Gasteiger partial charge in [0, 0.05) is 18.2 Å². The van der Waals surface area contributed by atoms with E-state index in [0.29, 0.717) is 0 Å². The number of benzene rings is 2. The SMILES string of the molecule is CNC(=O)NC(=O)[C@H]([NH2+][C@@H](c1ccccc1)c1ccco1)c1ccccc1. The second-order valence-corrected chi connectivity index (χ2v) is 6.05. The molecule has 2 atom stereocenters. The van der Waals surface area contributed by atoms with Crippen LogP contribution in [-0.2, 0) is 4.79 Å². The Kier molecular flexibility index (Phi) is 6.02. The van der Waals surface area contributed by atoms with Gasteiger partial charge in [0.25, 0.3) is 5.91 Å². The Morgan fingerprint density at radius 2 is 1.52 bits per heavy atom. The Bertz CT molecular complexity index is 864. The van der Waals surface area contributed by atoms with E-state index in [1.165, 1.54) is 7.05 Å². The van der Waals surface area contributed by atoms with Crippen LogP contribution in [0.5, 0.6) is 0 Å². The number of urea groups is 1. The maximum absolute atomic E-state index is 12.8. The number of carbonyl (C=O) groups excluding carboxylic acids is 2. The Balaban J connectivity index is 1.95. The molecule has 0 radical (unpaired) electrons. The molecule has 3 aromatic rings. The molecule has 3 rings (SSSR count). The van der Waals surface area contributed by atoms with Gasteiger partial charge in [-0.15, -0.1) is 0 Å². The van der Waals surface area contributed by atoms with E-state index < -0.39 is 18.0 Å². The zero-order chi connectivity index (χ0) is 19.1. The highest BCUT2D eigenvalue weighted by molar-refractivity contribution is 5.96. The summed E-state index contributed by atoms with van der Waals surface area (Å²) in [5, 5.41) is 6.70. The van der Waals surface area contributed by atoms with Gasteiger partial charge in [-0.3, -0.25) is 10.1 Å². The Labute approximate surface area is 157 Å². The van der Waals surface area contributed by atoms with Crippen LogP contribution >= 0.6 is 0 Å². The van der Waals surface area contributed by atoms with Gasteiger partial charge in [0.1, 0.15) is 0 Å². The van der Waals surface area contributed by atoms with E-state index in [2.05, 4.69) is 10.6 Å². The van der Waals surface area contributed by atoms with Crippen molar-refractivity contribution in [3.8, 4) is 0 Å². The molecule has 0 spiro atoms. The van der Waals surface area contributed by atoms with Gasteiger partial charge in [-0.25, -0.2) is 4.79 Å². The second kappa shape index (κ2) is 8.82. The van der Waals surface area contributed by atoms with Gasteiger partial charge in [-0.1, -0.05) is 60.7 Å². The van der Waals surface area contributed by atoms with Crippen LogP contribution in [0.2, 0.25) is 0 Å². The summed E-state index contributed by atoms with van der Waals surface area (Å²) >= 11 is 0. The zero-order valence-electron chi connectivity index (χ0n) is 15.0. The van der Waals surface area contributed by atoms with Gasteiger partial charge in [-0.2, -0.15) is 0 Å². The van der Waals surface area contributed by atoms with E-state index in [0.717, 1.165) is 16.9 Å². The van der Waals surface area contributed by atoms with Crippen LogP contribution in [0, 0.1) is 0 Å². The van der Waals surface area contributed by atoms with Crippen LogP contribution in [-0.4, -0.2) is 19.0 Å². The average Bonchev–Trinajstić information content (AvgIpc) is 3.24. The van der Waals surface area contributed by atoms with Crippen LogP contribution in [0.1, 0.15) is 29.0 Å². The fraction of sp³-hybridized carbons (Fsp3) is 0.143. The summed E-state index contributed by atoms with van der Waals surface area (Å²) in [6, 6.07) is 21.5. The predicted octanol–water partition coefficient (Wildman–Crippen LogP) is 2.13. The molecule has 3 amide bonds. The van der Waals surface area contributed by atoms with E-state index in [4.69, 9.17) is 4.42 Å². The monoisotopic (exact) mass is 364 g/mol. The van der Waals surface area contributed by atoms with Crippen LogP contribution in [0.15, 0.2) is 83.5 Å². The van der Waals surface area contributed by atoms with E-state index in [9.17, 15) is 9.59 Å². The first-order valence-electron chi connectivity index (χ1n) is 8.70. The highest BCUT2D eigenvalue weighted by Crippen LogP contribution is 2.21. The number of furan rings is 1. The third-order valence-electron chi connectivity index (χ3n) is 4.30. The molecule has 2 aromatic carbocycles. The van der Waals surface area contributed by atoms with Crippen molar-refractivity contribution in [2.45, 2.75) is 12.1 Å². The third kappa shape index (κ3) is 4.62. The number of rotatable bonds is 6. The van der Waals surface area contributed by atoms with Gasteiger partial charge < -0.3 is 15.1 Å². The van der Waals surface area contributed by atoms with Gasteiger partial charge in [0.05, 0.1) is 6.26 Å². The molecule has 0 saturated heterocycles. The van der Waals surface area contributed by atoms with Crippen LogP contribution in [0.3, 0.4) is 0 Å². The largest absolute Gasteiger partial charge is 0.463 e. The number of carbonyl (C=O) groups is 2. The number of nitrogens with one attached hydrogen (secondary N) is 2. The standard InChI is InChI=1S/C21H21N3O3/c1-22-21(26)24-20(25)19(16-11-6-3-7-12-16)23-18(17-13-8-14-27-17)15-9-4-2-5-10-15/h2-14,18-19,23H,1H3,(H2,22,24,25,26)/p+1/t18-,19+/m0/s1. The summed E-state index contributed by atoms with van der Waals surface area (Å²) in [6.07, 6.45) is 1.61. The summed E-state index contributed by atoms with van der Waals surface area (Å²) in [5.74, 6) is 0.336. The van der Waals surface area contributed by atoms with Crippen LogP contribution in [0.4, 0.5) is 4.79 Å². The molecule has 0 bridgehead atoms. The number of nitrogens with two attached hydrogens (primary N) is 1.